The zero-order chi connectivity index (χ0) is 31.6. The van der Waals surface area contributed by atoms with Crippen molar-refractivity contribution in [2.45, 2.75) is 115 Å². The second kappa shape index (κ2) is 7.95. The second-order valence-corrected chi connectivity index (χ2v) is 16.7. The molecule has 1 saturated carbocycles. The van der Waals surface area contributed by atoms with Crippen LogP contribution in [0.2, 0.25) is 0 Å². The van der Waals surface area contributed by atoms with Crippen molar-refractivity contribution in [3.8, 4) is 11.3 Å². The Hall–Kier alpha value is -3.21. The van der Waals surface area contributed by atoms with Gasteiger partial charge in [0.25, 0.3) is 5.69 Å². The molecule has 3 aliphatic rings. The van der Waals surface area contributed by atoms with Gasteiger partial charge in [-0.2, -0.15) is 4.57 Å². The van der Waals surface area contributed by atoms with Gasteiger partial charge in [0.15, 0.2) is 0 Å². The van der Waals surface area contributed by atoms with E-state index in [1.807, 2.05) is 0 Å². The van der Waals surface area contributed by atoms with E-state index < -0.39 is 16.7 Å². The van der Waals surface area contributed by atoms with Crippen LogP contribution in [0.15, 0.2) is 52.9 Å². The van der Waals surface area contributed by atoms with Gasteiger partial charge in [0.2, 0.25) is 22.4 Å². The van der Waals surface area contributed by atoms with Gasteiger partial charge in [-0.15, -0.1) is 0 Å². The van der Waals surface area contributed by atoms with Crippen LogP contribution in [0, 0.1) is 6.92 Å². The SMILES string of the molecule is COC1(O)C2(C)c3c(cc(C(C)(C)C)c4ccccc34)-c3c4oc5c(c4c4cc(C)ccc4[n+]3C12C)C(C)(C)CCC5(C)C. The van der Waals surface area contributed by atoms with Gasteiger partial charge in [0.05, 0.1) is 10.9 Å². The lowest BCUT2D eigenvalue weighted by Crippen LogP contribution is -2.55. The van der Waals surface area contributed by atoms with E-state index in [1.165, 1.54) is 38.2 Å². The summed E-state index contributed by atoms with van der Waals surface area (Å²) in [6, 6.07) is 17.9. The molecule has 1 aliphatic heterocycles. The molecule has 0 saturated heterocycles. The van der Waals surface area contributed by atoms with Crippen LogP contribution < -0.4 is 4.57 Å². The zero-order valence-corrected chi connectivity index (χ0v) is 28.2. The third-order valence-electron chi connectivity index (χ3n) is 12.3. The van der Waals surface area contributed by atoms with Crippen molar-refractivity contribution in [1.82, 2.24) is 0 Å². The Morgan fingerprint density at radius 2 is 1.50 bits per heavy atom. The third-order valence-corrected chi connectivity index (χ3v) is 12.3. The molecule has 4 nitrogen and oxygen atoms in total. The molecule has 0 spiro atoms. The first-order valence-electron chi connectivity index (χ1n) is 16.3. The van der Waals surface area contributed by atoms with Crippen molar-refractivity contribution in [1.29, 1.82) is 0 Å². The highest BCUT2D eigenvalue weighted by atomic mass is 16.6. The predicted octanol–water partition coefficient (Wildman–Crippen LogP) is 8.98. The van der Waals surface area contributed by atoms with Crippen molar-refractivity contribution < 1.29 is 18.8 Å². The summed E-state index contributed by atoms with van der Waals surface area (Å²) >= 11 is 0. The summed E-state index contributed by atoms with van der Waals surface area (Å²) in [4.78, 5) is 0. The van der Waals surface area contributed by atoms with Gasteiger partial charge >= 0.3 is 0 Å². The lowest BCUT2D eigenvalue weighted by molar-refractivity contribution is -0.717. The van der Waals surface area contributed by atoms with E-state index >= 15 is 0 Å². The van der Waals surface area contributed by atoms with Crippen LogP contribution in [0.3, 0.4) is 0 Å². The first-order valence-corrected chi connectivity index (χ1v) is 16.3. The molecule has 1 N–H and O–H groups in total. The van der Waals surface area contributed by atoms with Crippen LogP contribution in [0.1, 0.15) is 103 Å². The maximum Gasteiger partial charge on any atom is 0.257 e. The summed E-state index contributed by atoms with van der Waals surface area (Å²) in [5, 5.41) is 17.5. The number of rotatable bonds is 1. The molecule has 0 radical (unpaired) electrons. The Morgan fingerprint density at radius 1 is 0.841 bits per heavy atom. The molecule has 3 atom stereocenters. The third kappa shape index (κ3) is 2.92. The molecule has 228 valence electrons. The molecular weight excluding hydrogens is 542 g/mol. The fourth-order valence-electron chi connectivity index (χ4n) is 9.55. The predicted molar refractivity (Wildman–Crippen MR) is 179 cm³/mol. The fourth-order valence-corrected chi connectivity index (χ4v) is 9.55. The van der Waals surface area contributed by atoms with Crippen molar-refractivity contribution >= 4 is 32.6 Å². The quantitative estimate of drug-likeness (QED) is 0.157. The number of aromatic nitrogens is 1. The number of hydrogen-bond donors (Lipinski definition) is 1. The molecule has 0 amide bonds. The molecule has 4 heteroatoms. The number of hydrogen-bond acceptors (Lipinski definition) is 3. The molecule has 3 unspecified atom stereocenters. The normalized spacial score (nSPS) is 28.1. The average Bonchev–Trinajstić information content (AvgIpc) is 3.22. The molecule has 1 fully saturated rings. The Morgan fingerprint density at radius 3 is 2.16 bits per heavy atom. The van der Waals surface area contributed by atoms with E-state index in [2.05, 4.69) is 122 Å². The Kier molecular flexibility index (Phi) is 5.11. The Bertz CT molecular complexity index is 2110. The van der Waals surface area contributed by atoms with E-state index in [9.17, 15) is 5.11 Å². The summed E-state index contributed by atoms with van der Waals surface area (Å²) < 4.78 is 15.9. The van der Waals surface area contributed by atoms with E-state index in [0.29, 0.717) is 0 Å². The summed E-state index contributed by atoms with van der Waals surface area (Å²) in [6.07, 6.45) is 2.18. The minimum absolute atomic E-state index is 0.0333. The van der Waals surface area contributed by atoms with Gasteiger partial charge in [0.1, 0.15) is 11.2 Å². The van der Waals surface area contributed by atoms with Gasteiger partial charge in [-0.1, -0.05) is 84.4 Å². The fraction of sp³-hybridized carbons (Fsp3) is 0.475. The number of benzene rings is 3. The number of furan rings is 1. The summed E-state index contributed by atoms with van der Waals surface area (Å²) in [5.74, 6) is -0.317. The second-order valence-electron chi connectivity index (χ2n) is 16.7. The van der Waals surface area contributed by atoms with Gasteiger partial charge in [-0.25, -0.2) is 0 Å². The molecule has 3 aromatic carbocycles. The zero-order valence-electron chi connectivity index (χ0n) is 28.2. The molecule has 8 rings (SSSR count). The molecule has 2 aliphatic carbocycles. The van der Waals surface area contributed by atoms with Crippen LogP contribution in [0.5, 0.6) is 0 Å². The van der Waals surface area contributed by atoms with Gasteiger partial charge in [-0.3, -0.25) is 0 Å². The lowest BCUT2D eigenvalue weighted by Gasteiger charge is -2.38. The van der Waals surface area contributed by atoms with E-state index in [-0.39, 0.29) is 16.2 Å². The number of nitrogens with zero attached hydrogens (tertiary/aromatic N) is 1. The number of methoxy groups -OCH3 is 1. The smallest absolute Gasteiger partial charge is 0.257 e. The molecule has 2 aromatic heterocycles. The standard InChI is InChI=1S/C40H46NO3/c1-22-16-17-28-25(20-22)29-31-34(37(7,8)19-18-36(31,5)6)44-33(29)32-26-21-27(35(2,3)4)23-14-12-13-15-24(23)30(26)38(9)39(10,41(28)32)40(38,42)43-11/h12-17,20-21,42H,18-19H2,1-11H3/q+1. The molecular formula is C40H46NO3+. The highest BCUT2D eigenvalue weighted by Crippen LogP contribution is 2.73. The maximum atomic E-state index is 12.6. The minimum atomic E-state index is -1.42. The maximum absolute atomic E-state index is 12.6. The average molecular weight is 589 g/mol. The van der Waals surface area contributed by atoms with Crippen molar-refractivity contribution in [3.63, 3.8) is 0 Å². The molecule has 44 heavy (non-hydrogen) atoms. The van der Waals surface area contributed by atoms with Crippen LogP contribution in [0.25, 0.3) is 43.9 Å². The summed E-state index contributed by atoms with van der Waals surface area (Å²) in [7, 11) is 1.65. The first-order chi connectivity index (χ1) is 20.5. The van der Waals surface area contributed by atoms with Crippen molar-refractivity contribution in [2.75, 3.05) is 7.11 Å². The summed E-state index contributed by atoms with van der Waals surface area (Å²) in [6.45, 7) is 22.8. The highest BCUT2D eigenvalue weighted by Gasteiger charge is 2.95. The molecule has 3 heterocycles. The number of ether oxygens (including phenoxy) is 1. The van der Waals surface area contributed by atoms with Crippen LogP contribution in [0.4, 0.5) is 0 Å². The Labute approximate surface area is 261 Å². The minimum Gasteiger partial charge on any atom is -0.453 e. The topological polar surface area (TPSA) is 46.5 Å². The van der Waals surface area contributed by atoms with Crippen LogP contribution in [-0.4, -0.2) is 18.0 Å². The number of aliphatic hydroxyl groups is 1. The monoisotopic (exact) mass is 588 g/mol. The highest BCUT2D eigenvalue weighted by molar-refractivity contribution is 6.11. The van der Waals surface area contributed by atoms with Crippen molar-refractivity contribution in [3.05, 3.63) is 76.5 Å². The number of aryl methyl sites for hydroxylation is 1. The van der Waals surface area contributed by atoms with Crippen LogP contribution in [-0.2, 0) is 31.9 Å². The largest absolute Gasteiger partial charge is 0.453 e. The number of pyridine rings is 1. The summed E-state index contributed by atoms with van der Waals surface area (Å²) in [5.41, 5.74) is 7.54. The van der Waals surface area contributed by atoms with Gasteiger partial charge in [-0.05, 0) is 71.6 Å². The van der Waals surface area contributed by atoms with Crippen LogP contribution >= 0.6 is 0 Å². The lowest BCUT2D eigenvalue weighted by atomic mass is 9.65. The molecule has 0 bridgehead atoms. The van der Waals surface area contributed by atoms with E-state index in [0.717, 1.165) is 46.5 Å². The van der Waals surface area contributed by atoms with E-state index in [1.54, 1.807) is 7.11 Å². The van der Waals surface area contributed by atoms with Gasteiger partial charge < -0.3 is 14.3 Å². The van der Waals surface area contributed by atoms with Gasteiger partial charge in [0, 0.05) is 36.5 Å². The number of fused-ring (bicyclic) bond motifs is 15. The molecule has 5 aromatic rings. The van der Waals surface area contributed by atoms with Crippen molar-refractivity contribution in [2.24, 2.45) is 0 Å². The van der Waals surface area contributed by atoms with E-state index in [4.69, 9.17) is 9.15 Å². The Balaban J connectivity index is 1.70. The first kappa shape index (κ1) is 28.3.